The van der Waals surface area contributed by atoms with Crippen LogP contribution in [-0.2, 0) is 16.1 Å². The molecule has 0 fully saturated rings. The van der Waals surface area contributed by atoms with Gasteiger partial charge in [-0.1, -0.05) is 11.6 Å². The van der Waals surface area contributed by atoms with Gasteiger partial charge in [-0.3, -0.25) is 9.69 Å². The number of hydrogen-bond donors (Lipinski definition) is 0. The number of methoxy groups -OCH3 is 1. The lowest BCUT2D eigenvalue weighted by molar-refractivity contribution is -0.141. The first kappa shape index (κ1) is 17.4. The molecule has 0 bridgehead atoms. The highest BCUT2D eigenvalue weighted by molar-refractivity contribution is 6.30. The highest BCUT2D eigenvalue weighted by Gasteiger charge is 2.16. The Bertz CT molecular complexity index is 640. The lowest BCUT2D eigenvalue weighted by Crippen LogP contribution is -2.32. The standard InChI is InChI=1S/C16H20ClN3O3/c1-11(2)20(9-8-15(21)22-3)10-14-18-19-16(23-14)12-4-6-13(17)7-5-12/h4-7,11H,8-10H2,1-3H3. The van der Waals surface area contributed by atoms with Crippen molar-refractivity contribution in [1.29, 1.82) is 0 Å². The average molecular weight is 338 g/mol. The van der Waals surface area contributed by atoms with Crippen LogP contribution in [-0.4, -0.2) is 40.8 Å². The molecule has 1 heterocycles. The Balaban J connectivity index is 2.03. The van der Waals surface area contributed by atoms with Crippen LogP contribution in [0.2, 0.25) is 5.02 Å². The van der Waals surface area contributed by atoms with Gasteiger partial charge >= 0.3 is 5.97 Å². The van der Waals surface area contributed by atoms with Crippen LogP contribution in [0.3, 0.4) is 0 Å². The molecule has 1 aromatic carbocycles. The smallest absolute Gasteiger partial charge is 0.306 e. The predicted molar refractivity (Wildman–Crippen MR) is 86.9 cm³/mol. The van der Waals surface area contributed by atoms with Gasteiger partial charge < -0.3 is 9.15 Å². The molecule has 0 N–H and O–H groups in total. The normalized spacial score (nSPS) is 11.2. The zero-order chi connectivity index (χ0) is 16.8. The van der Waals surface area contributed by atoms with E-state index >= 15 is 0 Å². The van der Waals surface area contributed by atoms with Crippen molar-refractivity contribution in [1.82, 2.24) is 15.1 Å². The predicted octanol–water partition coefficient (Wildman–Crippen LogP) is 3.16. The van der Waals surface area contributed by atoms with Gasteiger partial charge in [0.25, 0.3) is 0 Å². The van der Waals surface area contributed by atoms with Gasteiger partial charge in [0.2, 0.25) is 11.8 Å². The topological polar surface area (TPSA) is 68.5 Å². The molecule has 0 radical (unpaired) electrons. The van der Waals surface area contributed by atoms with E-state index in [1.807, 2.05) is 26.0 Å². The van der Waals surface area contributed by atoms with Gasteiger partial charge in [-0.25, -0.2) is 0 Å². The third-order valence-electron chi connectivity index (χ3n) is 3.46. The molecule has 0 amide bonds. The van der Waals surface area contributed by atoms with E-state index in [1.54, 1.807) is 12.1 Å². The van der Waals surface area contributed by atoms with Crippen molar-refractivity contribution in [2.45, 2.75) is 32.9 Å². The van der Waals surface area contributed by atoms with Crippen LogP contribution in [0.25, 0.3) is 11.5 Å². The second-order valence-electron chi connectivity index (χ2n) is 5.40. The van der Waals surface area contributed by atoms with Crippen molar-refractivity contribution in [3.05, 3.63) is 35.2 Å². The molecule has 7 heteroatoms. The Kier molecular flexibility index (Phi) is 6.12. The Morgan fingerprint density at radius 1 is 1.30 bits per heavy atom. The fraction of sp³-hybridized carbons (Fsp3) is 0.438. The van der Waals surface area contributed by atoms with E-state index in [9.17, 15) is 4.79 Å². The summed E-state index contributed by atoms with van der Waals surface area (Å²) >= 11 is 5.87. The summed E-state index contributed by atoms with van der Waals surface area (Å²) in [5.41, 5.74) is 0.818. The van der Waals surface area contributed by atoms with E-state index in [1.165, 1.54) is 7.11 Å². The fourth-order valence-electron chi connectivity index (χ4n) is 2.06. The minimum atomic E-state index is -0.233. The maximum Gasteiger partial charge on any atom is 0.306 e. The van der Waals surface area contributed by atoms with Gasteiger partial charge in [0.1, 0.15) is 0 Å². The Morgan fingerprint density at radius 2 is 2.00 bits per heavy atom. The van der Waals surface area contributed by atoms with Crippen LogP contribution in [0.4, 0.5) is 0 Å². The van der Waals surface area contributed by atoms with Gasteiger partial charge in [-0.2, -0.15) is 0 Å². The molecule has 0 aliphatic rings. The van der Waals surface area contributed by atoms with Crippen LogP contribution in [0.15, 0.2) is 28.7 Å². The third-order valence-corrected chi connectivity index (χ3v) is 3.71. The number of nitrogens with zero attached hydrogens (tertiary/aromatic N) is 3. The summed E-state index contributed by atoms with van der Waals surface area (Å²) in [6.45, 7) is 5.15. The maximum atomic E-state index is 11.3. The number of ether oxygens (including phenoxy) is 1. The molecule has 1 aromatic heterocycles. The van der Waals surface area contributed by atoms with Crippen LogP contribution in [0, 0.1) is 0 Å². The average Bonchev–Trinajstić information content (AvgIpc) is 3.00. The summed E-state index contributed by atoms with van der Waals surface area (Å²) in [5, 5.41) is 8.79. The number of rotatable bonds is 7. The molecule has 124 valence electrons. The maximum absolute atomic E-state index is 11.3. The van der Waals surface area contributed by atoms with Crippen LogP contribution >= 0.6 is 11.6 Å². The fourth-order valence-corrected chi connectivity index (χ4v) is 2.18. The van der Waals surface area contributed by atoms with Gasteiger partial charge in [0, 0.05) is 23.2 Å². The number of carbonyl (C=O) groups excluding carboxylic acids is 1. The van der Waals surface area contributed by atoms with Crippen molar-refractivity contribution in [2.75, 3.05) is 13.7 Å². The minimum absolute atomic E-state index is 0.233. The first-order chi connectivity index (χ1) is 11.0. The molecule has 0 atom stereocenters. The van der Waals surface area contributed by atoms with Crippen LogP contribution in [0.5, 0.6) is 0 Å². The lowest BCUT2D eigenvalue weighted by atomic mass is 10.2. The van der Waals surface area contributed by atoms with E-state index in [-0.39, 0.29) is 12.0 Å². The van der Waals surface area contributed by atoms with E-state index < -0.39 is 0 Å². The highest BCUT2D eigenvalue weighted by atomic mass is 35.5. The molecule has 0 saturated heterocycles. The molecule has 0 spiro atoms. The second kappa shape index (κ2) is 8.08. The molecule has 0 aliphatic carbocycles. The molecule has 0 aliphatic heterocycles. The van der Waals surface area contributed by atoms with Crippen molar-refractivity contribution < 1.29 is 13.9 Å². The Morgan fingerprint density at radius 3 is 2.61 bits per heavy atom. The summed E-state index contributed by atoms with van der Waals surface area (Å²) in [5.74, 6) is 0.727. The summed E-state index contributed by atoms with van der Waals surface area (Å²) in [7, 11) is 1.39. The molecule has 2 rings (SSSR count). The summed E-state index contributed by atoms with van der Waals surface area (Å²) in [4.78, 5) is 13.4. The van der Waals surface area contributed by atoms with Crippen molar-refractivity contribution >= 4 is 17.6 Å². The molecule has 2 aromatic rings. The number of carbonyl (C=O) groups is 1. The Hall–Kier alpha value is -1.92. The first-order valence-corrected chi connectivity index (χ1v) is 7.76. The lowest BCUT2D eigenvalue weighted by Gasteiger charge is -2.24. The number of aromatic nitrogens is 2. The summed E-state index contributed by atoms with van der Waals surface area (Å²) in [6.07, 6.45) is 0.326. The van der Waals surface area contributed by atoms with Gasteiger partial charge in [0.15, 0.2) is 0 Å². The zero-order valence-electron chi connectivity index (χ0n) is 13.5. The number of hydrogen-bond acceptors (Lipinski definition) is 6. The second-order valence-corrected chi connectivity index (χ2v) is 5.83. The van der Waals surface area contributed by atoms with E-state index in [0.29, 0.717) is 36.3 Å². The highest BCUT2D eigenvalue weighted by Crippen LogP contribution is 2.21. The molecular weight excluding hydrogens is 318 g/mol. The first-order valence-electron chi connectivity index (χ1n) is 7.38. The summed E-state index contributed by atoms with van der Waals surface area (Å²) < 4.78 is 10.4. The number of esters is 1. The molecule has 0 unspecified atom stereocenters. The zero-order valence-corrected chi connectivity index (χ0v) is 14.2. The van der Waals surface area contributed by atoms with Gasteiger partial charge in [0.05, 0.1) is 20.1 Å². The molecule has 23 heavy (non-hydrogen) atoms. The van der Waals surface area contributed by atoms with Crippen LogP contribution in [0.1, 0.15) is 26.2 Å². The van der Waals surface area contributed by atoms with Crippen molar-refractivity contribution in [3.63, 3.8) is 0 Å². The van der Waals surface area contributed by atoms with Gasteiger partial charge in [-0.15, -0.1) is 10.2 Å². The van der Waals surface area contributed by atoms with Crippen molar-refractivity contribution in [2.24, 2.45) is 0 Å². The van der Waals surface area contributed by atoms with E-state index in [2.05, 4.69) is 19.8 Å². The Labute approximate surface area is 140 Å². The third kappa shape index (κ3) is 5.04. The van der Waals surface area contributed by atoms with E-state index in [0.717, 1.165) is 5.56 Å². The quantitative estimate of drug-likeness (QED) is 0.723. The number of halogens is 1. The largest absolute Gasteiger partial charge is 0.469 e. The van der Waals surface area contributed by atoms with E-state index in [4.69, 9.17) is 16.0 Å². The van der Waals surface area contributed by atoms with Crippen molar-refractivity contribution in [3.8, 4) is 11.5 Å². The molecule has 6 nitrogen and oxygen atoms in total. The molecule has 0 saturated carbocycles. The SMILES string of the molecule is COC(=O)CCN(Cc1nnc(-c2ccc(Cl)cc2)o1)C(C)C. The number of benzene rings is 1. The minimum Gasteiger partial charge on any atom is -0.469 e. The van der Waals surface area contributed by atoms with Crippen LogP contribution < -0.4 is 0 Å². The monoisotopic (exact) mass is 337 g/mol. The molecular formula is C16H20ClN3O3. The summed E-state index contributed by atoms with van der Waals surface area (Å²) in [6, 6.07) is 7.45. The van der Waals surface area contributed by atoms with Gasteiger partial charge in [-0.05, 0) is 38.1 Å².